The highest BCUT2D eigenvalue weighted by Gasteiger charge is 2.49. The van der Waals surface area contributed by atoms with Gasteiger partial charge in [-0.2, -0.15) is 0 Å². The number of aromatic amines is 1. The van der Waals surface area contributed by atoms with E-state index in [-0.39, 0.29) is 0 Å². The van der Waals surface area contributed by atoms with Crippen LogP contribution in [0.2, 0.25) is 0 Å². The van der Waals surface area contributed by atoms with Crippen LogP contribution in [0.15, 0.2) is 0 Å². The first-order valence-electron chi connectivity index (χ1n) is 6.09. The van der Waals surface area contributed by atoms with Crippen molar-refractivity contribution in [3.63, 3.8) is 0 Å². The van der Waals surface area contributed by atoms with Gasteiger partial charge >= 0.3 is 5.97 Å². The maximum atomic E-state index is 11.5. The number of carbonyl (C=O) groups is 1. The van der Waals surface area contributed by atoms with Gasteiger partial charge in [-0.15, -0.1) is 0 Å². The minimum Gasteiger partial charge on any atom is -0.481 e. The van der Waals surface area contributed by atoms with Gasteiger partial charge in [0.05, 0.1) is 5.41 Å². The third kappa shape index (κ3) is 1.06. The number of aromatic nitrogens is 1. The van der Waals surface area contributed by atoms with Crippen LogP contribution in [0, 0.1) is 6.92 Å². The standard InChI is InChI=1S/C13H17NO2/c1-8-11(9-4-2-5-10(9)14-8)13(12(15)16)6-3-7-13/h14H,2-7H2,1H3,(H,15,16). The van der Waals surface area contributed by atoms with E-state index in [4.69, 9.17) is 0 Å². The fraction of sp³-hybridized carbons (Fsp3) is 0.615. The Morgan fingerprint density at radius 3 is 2.62 bits per heavy atom. The summed E-state index contributed by atoms with van der Waals surface area (Å²) in [5, 5.41) is 9.50. The number of rotatable bonds is 2. The zero-order valence-corrected chi connectivity index (χ0v) is 9.60. The largest absolute Gasteiger partial charge is 0.481 e. The second-order valence-electron chi connectivity index (χ2n) is 5.18. The summed E-state index contributed by atoms with van der Waals surface area (Å²) >= 11 is 0. The summed E-state index contributed by atoms with van der Waals surface area (Å²) in [6.45, 7) is 2.02. The average molecular weight is 219 g/mol. The number of H-pyrrole nitrogens is 1. The topological polar surface area (TPSA) is 53.1 Å². The highest BCUT2D eigenvalue weighted by molar-refractivity contribution is 5.84. The predicted octanol–water partition coefficient (Wildman–Crippen LogP) is 2.32. The molecule has 1 aromatic rings. The van der Waals surface area contributed by atoms with E-state index in [1.165, 1.54) is 17.7 Å². The second-order valence-corrected chi connectivity index (χ2v) is 5.18. The first-order valence-corrected chi connectivity index (χ1v) is 6.09. The molecular formula is C13H17NO2. The summed E-state index contributed by atoms with van der Waals surface area (Å²) in [7, 11) is 0. The molecule has 0 saturated heterocycles. The Morgan fingerprint density at radius 1 is 1.31 bits per heavy atom. The zero-order valence-electron chi connectivity index (χ0n) is 9.60. The van der Waals surface area contributed by atoms with Gasteiger partial charge in [0.25, 0.3) is 0 Å². The van der Waals surface area contributed by atoms with Gasteiger partial charge in [-0.05, 0) is 50.2 Å². The third-order valence-electron chi connectivity index (χ3n) is 4.33. The van der Waals surface area contributed by atoms with Crippen LogP contribution in [-0.2, 0) is 23.1 Å². The number of hydrogen-bond acceptors (Lipinski definition) is 1. The smallest absolute Gasteiger partial charge is 0.314 e. The molecular weight excluding hydrogens is 202 g/mol. The highest BCUT2D eigenvalue weighted by atomic mass is 16.4. The number of aryl methyl sites for hydroxylation is 2. The fourth-order valence-corrected chi connectivity index (χ4v) is 3.42. The Bertz CT molecular complexity index is 455. The summed E-state index contributed by atoms with van der Waals surface area (Å²) in [4.78, 5) is 14.9. The lowest BCUT2D eigenvalue weighted by atomic mass is 9.63. The lowest BCUT2D eigenvalue weighted by Crippen LogP contribution is -2.43. The molecule has 2 aliphatic rings. The Morgan fingerprint density at radius 2 is 2.06 bits per heavy atom. The van der Waals surface area contributed by atoms with Crippen LogP contribution in [-0.4, -0.2) is 16.1 Å². The molecule has 86 valence electrons. The first-order chi connectivity index (χ1) is 7.65. The molecule has 1 aromatic heterocycles. The van der Waals surface area contributed by atoms with E-state index in [1.54, 1.807) is 0 Å². The van der Waals surface area contributed by atoms with Gasteiger partial charge in [-0.25, -0.2) is 0 Å². The third-order valence-corrected chi connectivity index (χ3v) is 4.33. The molecule has 0 spiro atoms. The van der Waals surface area contributed by atoms with Crippen LogP contribution < -0.4 is 0 Å². The van der Waals surface area contributed by atoms with Gasteiger partial charge in [0.2, 0.25) is 0 Å². The van der Waals surface area contributed by atoms with Gasteiger partial charge in [-0.1, -0.05) is 6.42 Å². The predicted molar refractivity (Wildman–Crippen MR) is 60.7 cm³/mol. The molecule has 2 aliphatic carbocycles. The number of aliphatic carboxylic acids is 1. The van der Waals surface area contributed by atoms with Crippen molar-refractivity contribution in [2.45, 2.75) is 50.9 Å². The summed E-state index contributed by atoms with van der Waals surface area (Å²) in [6, 6.07) is 0. The summed E-state index contributed by atoms with van der Waals surface area (Å²) in [5.41, 5.74) is 4.27. The van der Waals surface area contributed by atoms with Crippen LogP contribution >= 0.6 is 0 Å². The van der Waals surface area contributed by atoms with E-state index in [0.29, 0.717) is 0 Å². The lowest BCUT2D eigenvalue weighted by molar-refractivity contribution is -0.147. The maximum Gasteiger partial charge on any atom is 0.314 e. The number of carboxylic acid groups (broad SMARTS) is 1. The second kappa shape index (κ2) is 3.12. The molecule has 0 aliphatic heterocycles. The van der Waals surface area contributed by atoms with Crippen molar-refractivity contribution in [3.8, 4) is 0 Å². The van der Waals surface area contributed by atoms with Crippen LogP contribution in [0.5, 0.6) is 0 Å². The summed E-state index contributed by atoms with van der Waals surface area (Å²) < 4.78 is 0. The zero-order chi connectivity index (χ0) is 11.3. The number of carboxylic acids is 1. The van der Waals surface area contributed by atoms with Crippen molar-refractivity contribution in [1.82, 2.24) is 4.98 Å². The summed E-state index contributed by atoms with van der Waals surface area (Å²) in [5.74, 6) is -0.629. The van der Waals surface area contributed by atoms with E-state index < -0.39 is 11.4 Å². The lowest BCUT2D eigenvalue weighted by Gasteiger charge is -2.38. The molecule has 1 heterocycles. The van der Waals surface area contributed by atoms with E-state index in [9.17, 15) is 9.90 Å². The minimum atomic E-state index is -0.629. The molecule has 0 atom stereocenters. The highest BCUT2D eigenvalue weighted by Crippen LogP contribution is 2.48. The minimum absolute atomic E-state index is 0.557. The molecule has 0 amide bonds. The van der Waals surface area contributed by atoms with Gasteiger partial charge in [-0.3, -0.25) is 4.79 Å². The fourth-order valence-electron chi connectivity index (χ4n) is 3.42. The molecule has 1 saturated carbocycles. The van der Waals surface area contributed by atoms with Crippen molar-refractivity contribution >= 4 is 5.97 Å². The molecule has 3 heteroatoms. The van der Waals surface area contributed by atoms with E-state index in [2.05, 4.69) is 4.98 Å². The van der Waals surface area contributed by atoms with Crippen LogP contribution in [0.4, 0.5) is 0 Å². The molecule has 0 aromatic carbocycles. The SMILES string of the molecule is Cc1[nH]c2c(c1C1(C(=O)O)CCC1)CCC2. The average Bonchev–Trinajstić information content (AvgIpc) is 2.66. The van der Waals surface area contributed by atoms with Crippen molar-refractivity contribution < 1.29 is 9.90 Å². The molecule has 0 radical (unpaired) electrons. The number of hydrogen-bond donors (Lipinski definition) is 2. The van der Waals surface area contributed by atoms with E-state index in [1.807, 2.05) is 6.92 Å². The Labute approximate surface area is 94.9 Å². The first kappa shape index (κ1) is 9.94. The molecule has 1 fully saturated rings. The summed E-state index contributed by atoms with van der Waals surface area (Å²) in [6.07, 6.45) is 5.99. The van der Waals surface area contributed by atoms with Gasteiger partial charge in [0.15, 0.2) is 0 Å². The molecule has 16 heavy (non-hydrogen) atoms. The van der Waals surface area contributed by atoms with E-state index >= 15 is 0 Å². The quantitative estimate of drug-likeness (QED) is 0.802. The Balaban J connectivity index is 2.15. The van der Waals surface area contributed by atoms with Crippen LogP contribution in [0.25, 0.3) is 0 Å². The van der Waals surface area contributed by atoms with Crippen LogP contribution in [0.3, 0.4) is 0 Å². The van der Waals surface area contributed by atoms with Crippen LogP contribution in [0.1, 0.15) is 48.2 Å². The monoisotopic (exact) mass is 219 g/mol. The Hall–Kier alpha value is -1.25. The molecule has 3 rings (SSSR count). The normalized spacial score (nSPS) is 21.6. The molecule has 3 nitrogen and oxygen atoms in total. The van der Waals surface area contributed by atoms with Crippen molar-refractivity contribution in [1.29, 1.82) is 0 Å². The van der Waals surface area contributed by atoms with Crippen molar-refractivity contribution in [2.24, 2.45) is 0 Å². The Kier molecular flexibility index (Phi) is 1.94. The van der Waals surface area contributed by atoms with Gasteiger partial charge < -0.3 is 10.1 Å². The van der Waals surface area contributed by atoms with Crippen molar-refractivity contribution in [2.75, 3.05) is 0 Å². The van der Waals surface area contributed by atoms with Crippen molar-refractivity contribution in [3.05, 3.63) is 22.5 Å². The number of fused-ring (bicyclic) bond motifs is 1. The van der Waals surface area contributed by atoms with Gasteiger partial charge in [0, 0.05) is 11.4 Å². The number of nitrogens with one attached hydrogen (secondary N) is 1. The van der Waals surface area contributed by atoms with Gasteiger partial charge in [0.1, 0.15) is 0 Å². The maximum absolute atomic E-state index is 11.5. The molecule has 0 bridgehead atoms. The molecule has 2 N–H and O–H groups in total. The molecule has 0 unspecified atom stereocenters. The van der Waals surface area contributed by atoms with E-state index in [0.717, 1.165) is 43.4 Å².